The van der Waals surface area contributed by atoms with Gasteiger partial charge in [0.05, 0.1) is 31.0 Å². The minimum atomic E-state index is -0.365. The summed E-state index contributed by atoms with van der Waals surface area (Å²) >= 11 is 0. The van der Waals surface area contributed by atoms with Crippen LogP contribution in [0.5, 0.6) is 0 Å². The number of likely N-dealkylation sites (N-methyl/N-ethyl adjacent to an activating group) is 1. The molecule has 0 radical (unpaired) electrons. The summed E-state index contributed by atoms with van der Waals surface area (Å²) in [5.41, 5.74) is 2.39. The number of rotatable bonds is 7. The van der Waals surface area contributed by atoms with Gasteiger partial charge in [-0.05, 0) is 30.2 Å². The molecule has 2 amide bonds. The number of quaternary nitrogens is 1. The van der Waals surface area contributed by atoms with Gasteiger partial charge in [-0.15, -0.1) is 0 Å². The van der Waals surface area contributed by atoms with Gasteiger partial charge in [0.25, 0.3) is 0 Å². The van der Waals surface area contributed by atoms with E-state index in [1.165, 1.54) is 21.2 Å². The molecule has 0 saturated heterocycles. The minimum absolute atomic E-state index is 0.270. The predicted octanol–water partition coefficient (Wildman–Crippen LogP) is 1.76. The van der Waals surface area contributed by atoms with Gasteiger partial charge >= 0.3 is 12.0 Å². The third kappa shape index (κ3) is 4.51. The fourth-order valence-electron chi connectivity index (χ4n) is 3.66. The number of ether oxygens (including phenoxy) is 1. The standard InChI is InChI=1S/C22H27N3O3/c1-4-18-20(21(26)28-5-2)19(24-22(27)23-18)14-25(3)13-15-10-11-16-8-6-7-9-17(16)12-15/h6-12,18H,4-5,13-14H2,1-3H3,(H2,23,24,27)/p+1/t18-/m0/s1. The Bertz CT molecular complexity index is 907. The molecule has 1 aliphatic heterocycles. The summed E-state index contributed by atoms with van der Waals surface area (Å²) in [5, 5.41) is 8.06. The Morgan fingerprint density at radius 2 is 1.86 bits per heavy atom. The molecule has 148 valence electrons. The van der Waals surface area contributed by atoms with Crippen LogP contribution in [-0.4, -0.2) is 38.2 Å². The first-order valence-electron chi connectivity index (χ1n) is 9.78. The third-order valence-corrected chi connectivity index (χ3v) is 4.95. The van der Waals surface area contributed by atoms with Crippen LogP contribution < -0.4 is 15.5 Å². The first-order chi connectivity index (χ1) is 13.5. The van der Waals surface area contributed by atoms with Gasteiger partial charge in [0.1, 0.15) is 13.1 Å². The molecule has 1 heterocycles. The van der Waals surface area contributed by atoms with Gasteiger partial charge in [0, 0.05) is 5.56 Å². The molecule has 2 aromatic rings. The summed E-state index contributed by atoms with van der Waals surface area (Å²) in [4.78, 5) is 25.7. The van der Waals surface area contributed by atoms with Crippen LogP contribution in [-0.2, 0) is 16.1 Å². The van der Waals surface area contributed by atoms with Crippen molar-refractivity contribution in [2.24, 2.45) is 0 Å². The lowest BCUT2D eigenvalue weighted by Crippen LogP contribution is -3.08. The van der Waals surface area contributed by atoms with E-state index in [0.717, 1.165) is 6.54 Å². The van der Waals surface area contributed by atoms with Crippen LogP contribution in [0.15, 0.2) is 53.7 Å². The van der Waals surface area contributed by atoms with Gasteiger partial charge in [0.2, 0.25) is 0 Å². The molecule has 2 atom stereocenters. The average Bonchev–Trinajstić information content (AvgIpc) is 2.67. The van der Waals surface area contributed by atoms with Crippen LogP contribution in [0.2, 0.25) is 0 Å². The van der Waals surface area contributed by atoms with Crippen LogP contribution in [0.1, 0.15) is 25.8 Å². The molecule has 0 aromatic heterocycles. The van der Waals surface area contributed by atoms with Crippen molar-refractivity contribution >= 4 is 22.8 Å². The first kappa shape index (κ1) is 19.9. The number of nitrogens with one attached hydrogen (secondary N) is 3. The van der Waals surface area contributed by atoms with E-state index < -0.39 is 0 Å². The molecular weight excluding hydrogens is 354 g/mol. The molecule has 0 bridgehead atoms. The van der Waals surface area contributed by atoms with E-state index in [-0.39, 0.29) is 18.0 Å². The SMILES string of the molecule is CCOC(=O)C1=C(C[NH+](C)Cc2ccc3ccccc3c2)NC(=O)N[C@H]1CC. The number of esters is 1. The molecule has 0 aliphatic carbocycles. The Balaban J connectivity index is 1.80. The fourth-order valence-corrected chi connectivity index (χ4v) is 3.66. The Labute approximate surface area is 165 Å². The van der Waals surface area contributed by atoms with Gasteiger partial charge in [-0.3, -0.25) is 0 Å². The molecule has 1 aliphatic rings. The fraction of sp³-hybridized carbons (Fsp3) is 0.364. The highest BCUT2D eigenvalue weighted by Crippen LogP contribution is 2.17. The molecular formula is C22H28N3O3+. The van der Waals surface area contributed by atoms with E-state index in [9.17, 15) is 9.59 Å². The molecule has 0 spiro atoms. The molecule has 0 saturated carbocycles. The first-order valence-corrected chi connectivity index (χ1v) is 9.78. The number of carbonyl (C=O) groups is 2. The number of fused-ring (bicyclic) bond motifs is 1. The summed E-state index contributed by atoms with van der Waals surface area (Å²) in [6.07, 6.45) is 0.634. The number of urea groups is 1. The molecule has 2 aromatic carbocycles. The topological polar surface area (TPSA) is 71.9 Å². The monoisotopic (exact) mass is 382 g/mol. The zero-order chi connectivity index (χ0) is 20.1. The van der Waals surface area contributed by atoms with E-state index >= 15 is 0 Å². The van der Waals surface area contributed by atoms with Crippen LogP contribution in [0, 0.1) is 0 Å². The summed E-state index contributed by atoms with van der Waals surface area (Å²) < 4.78 is 5.23. The van der Waals surface area contributed by atoms with Gasteiger partial charge in [-0.1, -0.05) is 43.3 Å². The molecule has 6 heteroatoms. The summed E-state index contributed by atoms with van der Waals surface area (Å²) in [6, 6.07) is 14.1. The van der Waals surface area contributed by atoms with Crippen LogP contribution in [0.4, 0.5) is 4.79 Å². The Hall–Kier alpha value is -2.86. The Kier molecular flexibility index (Phi) is 6.31. The zero-order valence-corrected chi connectivity index (χ0v) is 16.7. The zero-order valence-electron chi connectivity index (χ0n) is 16.7. The van der Waals surface area contributed by atoms with Crippen molar-refractivity contribution in [1.82, 2.24) is 10.6 Å². The second kappa shape index (κ2) is 8.89. The smallest absolute Gasteiger partial charge is 0.338 e. The lowest BCUT2D eigenvalue weighted by Gasteiger charge is -2.29. The number of benzene rings is 2. The minimum Gasteiger partial charge on any atom is -0.463 e. The normalized spacial score (nSPS) is 17.8. The number of hydrogen-bond donors (Lipinski definition) is 3. The van der Waals surface area contributed by atoms with Crippen LogP contribution in [0.3, 0.4) is 0 Å². The van der Waals surface area contributed by atoms with Gasteiger partial charge < -0.3 is 20.3 Å². The number of carbonyl (C=O) groups excluding carboxylic acids is 2. The maximum absolute atomic E-state index is 12.5. The average molecular weight is 382 g/mol. The number of hydrogen-bond acceptors (Lipinski definition) is 3. The van der Waals surface area contributed by atoms with Crippen molar-refractivity contribution < 1.29 is 19.2 Å². The highest BCUT2D eigenvalue weighted by atomic mass is 16.5. The largest absolute Gasteiger partial charge is 0.463 e. The molecule has 6 nitrogen and oxygen atoms in total. The summed E-state index contributed by atoms with van der Waals surface area (Å²) in [6.45, 7) is 5.35. The van der Waals surface area contributed by atoms with Crippen LogP contribution in [0.25, 0.3) is 10.8 Å². The van der Waals surface area contributed by atoms with E-state index in [2.05, 4.69) is 48.0 Å². The maximum atomic E-state index is 12.5. The van der Waals surface area contributed by atoms with Gasteiger partial charge in [0.15, 0.2) is 0 Å². The molecule has 1 unspecified atom stereocenters. The Morgan fingerprint density at radius 1 is 1.11 bits per heavy atom. The Morgan fingerprint density at radius 3 is 2.57 bits per heavy atom. The lowest BCUT2D eigenvalue weighted by atomic mass is 10.00. The van der Waals surface area contributed by atoms with E-state index in [1.54, 1.807) is 6.92 Å². The number of amides is 2. The molecule has 3 rings (SSSR count). The van der Waals surface area contributed by atoms with Crippen molar-refractivity contribution in [3.63, 3.8) is 0 Å². The lowest BCUT2D eigenvalue weighted by molar-refractivity contribution is -0.889. The molecule has 28 heavy (non-hydrogen) atoms. The van der Waals surface area contributed by atoms with E-state index in [4.69, 9.17) is 4.74 Å². The van der Waals surface area contributed by atoms with Crippen molar-refractivity contribution in [3.8, 4) is 0 Å². The second-order valence-corrected chi connectivity index (χ2v) is 7.16. The van der Waals surface area contributed by atoms with E-state index in [0.29, 0.717) is 30.8 Å². The van der Waals surface area contributed by atoms with E-state index in [1.807, 2.05) is 19.1 Å². The highest BCUT2D eigenvalue weighted by Gasteiger charge is 2.32. The summed E-state index contributed by atoms with van der Waals surface area (Å²) in [7, 11) is 2.06. The van der Waals surface area contributed by atoms with Gasteiger partial charge in [-0.2, -0.15) is 0 Å². The molecule has 3 N–H and O–H groups in total. The van der Waals surface area contributed by atoms with Gasteiger partial charge in [-0.25, -0.2) is 9.59 Å². The summed E-state index contributed by atoms with van der Waals surface area (Å²) in [5.74, 6) is -0.365. The second-order valence-electron chi connectivity index (χ2n) is 7.16. The van der Waals surface area contributed by atoms with Crippen molar-refractivity contribution in [2.75, 3.05) is 20.2 Å². The highest BCUT2D eigenvalue weighted by molar-refractivity contribution is 5.94. The van der Waals surface area contributed by atoms with Crippen molar-refractivity contribution in [1.29, 1.82) is 0 Å². The quantitative estimate of drug-likeness (QED) is 0.639. The third-order valence-electron chi connectivity index (χ3n) is 4.95. The molecule has 0 fully saturated rings. The van der Waals surface area contributed by atoms with Crippen molar-refractivity contribution in [3.05, 3.63) is 59.3 Å². The maximum Gasteiger partial charge on any atom is 0.338 e. The predicted molar refractivity (Wildman–Crippen MR) is 109 cm³/mol. The van der Waals surface area contributed by atoms with Crippen LogP contribution >= 0.6 is 0 Å². The van der Waals surface area contributed by atoms with Crippen molar-refractivity contribution in [2.45, 2.75) is 32.9 Å².